The maximum atomic E-state index is 6.06. The second-order valence-electron chi connectivity index (χ2n) is 4.15. The van der Waals surface area contributed by atoms with Crippen LogP contribution in [0.4, 0.5) is 11.5 Å². The summed E-state index contributed by atoms with van der Waals surface area (Å²) in [5.74, 6) is 0.915. The van der Waals surface area contributed by atoms with Gasteiger partial charge in [-0.05, 0) is 19.8 Å². The molecule has 16 heavy (non-hydrogen) atoms. The molecule has 0 saturated carbocycles. The second-order valence-corrected chi connectivity index (χ2v) is 4.15. The molecule has 0 bridgehead atoms. The van der Waals surface area contributed by atoms with Gasteiger partial charge in [-0.25, -0.2) is 0 Å². The lowest BCUT2D eigenvalue weighted by atomic mass is 10.2. The minimum atomic E-state index is 0.324. The lowest BCUT2D eigenvalue weighted by Crippen LogP contribution is -2.17. The zero-order chi connectivity index (χ0) is 12.1. The van der Waals surface area contributed by atoms with Gasteiger partial charge in [0.15, 0.2) is 0 Å². The maximum Gasteiger partial charge on any atom is 0.147 e. The summed E-state index contributed by atoms with van der Waals surface area (Å²) in [4.78, 5) is 0. The van der Waals surface area contributed by atoms with Crippen molar-refractivity contribution in [2.75, 3.05) is 11.1 Å². The number of rotatable bonds is 6. The summed E-state index contributed by atoms with van der Waals surface area (Å²) in [6.07, 6.45) is 4.80. The largest absolute Gasteiger partial charge is 0.394 e. The molecule has 3 N–H and O–H groups in total. The molecule has 90 valence electrons. The van der Waals surface area contributed by atoms with Crippen LogP contribution in [0.1, 0.15) is 32.4 Å². The smallest absolute Gasteiger partial charge is 0.147 e. The lowest BCUT2D eigenvalue weighted by molar-refractivity contribution is 0.717. The summed E-state index contributed by atoms with van der Waals surface area (Å²) >= 11 is 0. The van der Waals surface area contributed by atoms with Crippen molar-refractivity contribution in [1.82, 2.24) is 9.78 Å². The van der Waals surface area contributed by atoms with Gasteiger partial charge in [-0.2, -0.15) is 5.10 Å². The highest BCUT2D eigenvalue weighted by Gasteiger charge is 2.13. The Morgan fingerprint density at radius 2 is 2.31 bits per heavy atom. The molecule has 0 fully saturated rings. The Morgan fingerprint density at radius 3 is 2.88 bits per heavy atom. The van der Waals surface area contributed by atoms with Crippen LogP contribution in [0.2, 0.25) is 0 Å². The summed E-state index contributed by atoms with van der Waals surface area (Å²) in [6.45, 7) is 7.96. The molecule has 0 amide bonds. The third-order valence-electron chi connectivity index (χ3n) is 2.55. The van der Waals surface area contributed by atoms with Gasteiger partial charge in [-0.15, -0.1) is 6.58 Å². The Kier molecular flexibility index (Phi) is 4.40. The van der Waals surface area contributed by atoms with Gasteiger partial charge in [-0.3, -0.25) is 4.68 Å². The summed E-state index contributed by atoms with van der Waals surface area (Å²) < 4.78 is 1.82. The average molecular weight is 222 g/mol. The first-order valence-corrected chi connectivity index (χ1v) is 5.78. The highest BCUT2D eigenvalue weighted by molar-refractivity contribution is 5.65. The number of aryl methyl sites for hydroxylation is 2. The van der Waals surface area contributed by atoms with E-state index in [4.69, 9.17) is 5.73 Å². The fourth-order valence-corrected chi connectivity index (χ4v) is 1.73. The molecule has 1 heterocycles. The van der Waals surface area contributed by atoms with Gasteiger partial charge in [0.05, 0.1) is 11.4 Å². The van der Waals surface area contributed by atoms with Crippen molar-refractivity contribution in [3.63, 3.8) is 0 Å². The molecule has 1 unspecified atom stereocenters. The van der Waals surface area contributed by atoms with Crippen molar-refractivity contribution >= 4 is 11.5 Å². The van der Waals surface area contributed by atoms with Crippen LogP contribution in [0.3, 0.4) is 0 Å². The summed E-state index contributed by atoms with van der Waals surface area (Å²) in [7, 11) is 1.92. The first-order chi connectivity index (χ1) is 7.60. The number of nitrogens with one attached hydrogen (secondary N) is 1. The SMILES string of the molecule is C=CCC(C)Nc1c(N)c(CCC)nn1C. The van der Waals surface area contributed by atoms with E-state index in [9.17, 15) is 0 Å². The van der Waals surface area contributed by atoms with E-state index in [1.54, 1.807) is 0 Å². The number of nitrogens with zero attached hydrogens (tertiary/aromatic N) is 2. The molecule has 4 heteroatoms. The highest BCUT2D eigenvalue weighted by atomic mass is 15.3. The van der Waals surface area contributed by atoms with Gasteiger partial charge in [0.1, 0.15) is 5.82 Å². The molecular weight excluding hydrogens is 200 g/mol. The molecule has 1 aromatic heterocycles. The van der Waals surface area contributed by atoms with Crippen LogP contribution in [0, 0.1) is 0 Å². The monoisotopic (exact) mass is 222 g/mol. The van der Waals surface area contributed by atoms with Crippen LogP contribution in [0.25, 0.3) is 0 Å². The second kappa shape index (κ2) is 5.58. The van der Waals surface area contributed by atoms with E-state index < -0.39 is 0 Å². The van der Waals surface area contributed by atoms with E-state index in [1.165, 1.54) is 0 Å². The van der Waals surface area contributed by atoms with Crippen LogP contribution in [-0.2, 0) is 13.5 Å². The number of hydrogen-bond donors (Lipinski definition) is 2. The van der Waals surface area contributed by atoms with Crippen molar-refractivity contribution in [3.8, 4) is 0 Å². The quantitative estimate of drug-likeness (QED) is 0.726. The Labute approximate surface area is 97.5 Å². The number of nitrogen functional groups attached to an aromatic ring is 1. The van der Waals surface area contributed by atoms with E-state index in [0.717, 1.165) is 36.5 Å². The van der Waals surface area contributed by atoms with Gasteiger partial charge in [0.25, 0.3) is 0 Å². The number of hydrogen-bond acceptors (Lipinski definition) is 3. The van der Waals surface area contributed by atoms with E-state index in [2.05, 4.69) is 30.8 Å². The molecular formula is C12H22N4. The Balaban J connectivity index is 2.82. The summed E-state index contributed by atoms with van der Waals surface area (Å²) in [5, 5.41) is 7.78. The number of nitrogens with two attached hydrogens (primary N) is 1. The van der Waals surface area contributed by atoms with Gasteiger partial charge >= 0.3 is 0 Å². The van der Waals surface area contributed by atoms with Gasteiger partial charge < -0.3 is 11.1 Å². The Morgan fingerprint density at radius 1 is 1.62 bits per heavy atom. The lowest BCUT2D eigenvalue weighted by Gasteiger charge is -2.13. The highest BCUT2D eigenvalue weighted by Crippen LogP contribution is 2.24. The van der Waals surface area contributed by atoms with Crippen molar-refractivity contribution in [2.45, 2.75) is 39.2 Å². The third kappa shape index (κ3) is 2.78. The zero-order valence-electron chi connectivity index (χ0n) is 10.5. The summed E-state index contributed by atoms with van der Waals surface area (Å²) in [6, 6.07) is 0.324. The maximum absolute atomic E-state index is 6.06. The first kappa shape index (κ1) is 12.6. The normalized spacial score (nSPS) is 12.4. The summed E-state index contributed by atoms with van der Waals surface area (Å²) in [5.41, 5.74) is 7.83. The molecule has 1 aromatic rings. The number of anilines is 2. The van der Waals surface area contributed by atoms with Gasteiger partial charge in [-0.1, -0.05) is 19.4 Å². The average Bonchev–Trinajstić information content (AvgIpc) is 2.47. The van der Waals surface area contributed by atoms with Crippen LogP contribution in [0.15, 0.2) is 12.7 Å². The van der Waals surface area contributed by atoms with Gasteiger partial charge in [0.2, 0.25) is 0 Å². The number of aromatic nitrogens is 2. The molecule has 0 saturated heterocycles. The third-order valence-corrected chi connectivity index (χ3v) is 2.55. The standard InChI is InChI=1S/C12H22N4/c1-5-7-9(3)14-12-11(13)10(8-6-2)15-16(12)4/h5,9,14H,1,6-8,13H2,2-4H3. The van der Waals surface area contributed by atoms with Gasteiger partial charge in [0, 0.05) is 13.1 Å². The van der Waals surface area contributed by atoms with Crippen LogP contribution in [0.5, 0.6) is 0 Å². The van der Waals surface area contributed by atoms with Crippen molar-refractivity contribution in [3.05, 3.63) is 18.3 Å². The molecule has 0 aliphatic carbocycles. The molecule has 0 aliphatic rings. The van der Waals surface area contributed by atoms with E-state index in [1.807, 2.05) is 17.8 Å². The van der Waals surface area contributed by atoms with E-state index in [0.29, 0.717) is 6.04 Å². The Bertz CT molecular complexity index is 354. The topological polar surface area (TPSA) is 55.9 Å². The first-order valence-electron chi connectivity index (χ1n) is 5.78. The fourth-order valence-electron chi connectivity index (χ4n) is 1.73. The molecule has 1 atom stereocenters. The van der Waals surface area contributed by atoms with Crippen LogP contribution >= 0.6 is 0 Å². The van der Waals surface area contributed by atoms with Crippen molar-refractivity contribution in [2.24, 2.45) is 7.05 Å². The zero-order valence-corrected chi connectivity index (χ0v) is 10.5. The molecule has 0 radical (unpaired) electrons. The molecule has 0 aromatic carbocycles. The van der Waals surface area contributed by atoms with Crippen LogP contribution < -0.4 is 11.1 Å². The minimum Gasteiger partial charge on any atom is -0.394 e. The van der Waals surface area contributed by atoms with Crippen molar-refractivity contribution < 1.29 is 0 Å². The van der Waals surface area contributed by atoms with Crippen molar-refractivity contribution in [1.29, 1.82) is 0 Å². The predicted molar refractivity (Wildman–Crippen MR) is 69.5 cm³/mol. The molecule has 0 spiro atoms. The predicted octanol–water partition coefficient (Wildman–Crippen LogP) is 2.33. The fraction of sp³-hybridized carbons (Fsp3) is 0.583. The minimum absolute atomic E-state index is 0.324. The molecule has 1 rings (SSSR count). The van der Waals surface area contributed by atoms with E-state index >= 15 is 0 Å². The Hall–Kier alpha value is -1.45. The molecule has 4 nitrogen and oxygen atoms in total. The molecule has 0 aliphatic heterocycles. The van der Waals surface area contributed by atoms with Crippen LogP contribution in [-0.4, -0.2) is 15.8 Å². The van der Waals surface area contributed by atoms with E-state index in [-0.39, 0.29) is 0 Å².